The van der Waals surface area contributed by atoms with Crippen molar-refractivity contribution in [1.82, 2.24) is 0 Å². The minimum absolute atomic E-state index is 0.201. The summed E-state index contributed by atoms with van der Waals surface area (Å²) in [5.41, 5.74) is 11.4. The Balaban J connectivity index is 0.935. The van der Waals surface area contributed by atoms with Crippen LogP contribution in [0.1, 0.15) is 95.5 Å². The van der Waals surface area contributed by atoms with Gasteiger partial charge in [-0.1, -0.05) is 24.3 Å². The molecule has 9 rings (SSSR count). The van der Waals surface area contributed by atoms with Crippen molar-refractivity contribution in [2.75, 3.05) is 73.8 Å². The Morgan fingerprint density at radius 1 is 0.554 bits per heavy atom. The van der Waals surface area contributed by atoms with Crippen LogP contribution in [0.3, 0.4) is 0 Å². The lowest BCUT2D eigenvalue weighted by molar-refractivity contribution is -0.155. The lowest BCUT2D eigenvalue weighted by Crippen LogP contribution is -2.37. The molecule has 3 aromatic rings. The van der Waals surface area contributed by atoms with E-state index in [0.717, 1.165) is 133 Å². The molecule has 0 fully saturated rings. The molecule has 6 heterocycles. The topological polar surface area (TPSA) is 121 Å². The van der Waals surface area contributed by atoms with E-state index in [-0.39, 0.29) is 17.0 Å². The van der Waals surface area contributed by atoms with Crippen LogP contribution >= 0.6 is 0 Å². The lowest BCUT2D eigenvalue weighted by Gasteiger charge is -2.37. The van der Waals surface area contributed by atoms with E-state index in [9.17, 15) is 19.6 Å². The van der Waals surface area contributed by atoms with Crippen molar-refractivity contribution in [2.24, 2.45) is 5.41 Å². The maximum absolute atomic E-state index is 13.6. The largest absolute Gasteiger partial charge is 0.470 e. The summed E-state index contributed by atoms with van der Waals surface area (Å²) in [6.45, 7) is 22.4. The molecule has 0 radical (unpaired) electrons. The average Bonchev–Trinajstić information content (AvgIpc) is 3.32. The summed E-state index contributed by atoms with van der Waals surface area (Å²) >= 11 is 0. The molecule has 0 atom stereocenters. The van der Waals surface area contributed by atoms with E-state index in [4.69, 9.17) is 27.4 Å². The number of aryl methyl sites for hydroxylation is 6. The van der Waals surface area contributed by atoms with E-state index in [0.29, 0.717) is 0 Å². The van der Waals surface area contributed by atoms with Gasteiger partial charge in [0, 0.05) is 56.3 Å². The summed E-state index contributed by atoms with van der Waals surface area (Å²) in [7, 11) is 0. The number of ether oxygens (including phenoxy) is 3. The van der Waals surface area contributed by atoms with Gasteiger partial charge in [0.05, 0.1) is 18.6 Å². The van der Waals surface area contributed by atoms with Crippen molar-refractivity contribution < 1.29 is 28.6 Å². The van der Waals surface area contributed by atoms with Crippen molar-refractivity contribution in [3.8, 4) is 6.07 Å². The highest BCUT2D eigenvalue weighted by Crippen LogP contribution is 2.39. The number of hydrogen-bond donors (Lipinski definition) is 0. The van der Waals surface area contributed by atoms with Crippen molar-refractivity contribution in [3.63, 3.8) is 0 Å². The summed E-state index contributed by atoms with van der Waals surface area (Å²) < 4.78 is 17.3. The number of carbonyl (C=O) groups is 3. The van der Waals surface area contributed by atoms with Gasteiger partial charge in [0.2, 0.25) is 0 Å². The number of nitriles is 1. The maximum Gasteiger partial charge on any atom is 0.348 e. The zero-order chi connectivity index (χ0) is 45.1. The first kappa shape index (κ1) is 43.4. The Hall–Kier alpha value is -6.84. The number of hydrogen-bond acceptors (Lipinski definition) is 10. The van der Waals surface area contributed by atoms with E-state index < -0.39 is 43.1 Å². The second kappa shape index (κ2) is 18.7. The molecule has 0 aliphatic carbocycles. The van der Waals surface area contributed by atoms with Crippen LogP contribution in [0.15, 0.2) is 53.4 Å². The molecule has 12 heteroatoms. The Kier molecular flexibility index (Phi) is 12.5. The highest BCUT2D eigenvalue weighted by molar-refractivity contribution is 5.98. The Bertz CT molecular complexity index is 2290. The number of nitrogens with zero attached hydrogens (tertiary/aromatic N) is 6. The third-order valence-corrected chi connectivity index (χ3v) is 13.6. The van der Waals surface area contributed by atoms with Crippen LogP contribution in [0, 0.1) is 29.9 Å². The fraction of sp³-hybridized carbons (Fsp3) is 0.434. The van der Waals surface area contributed by atoms with Gasteiger partial charge in [-0.05, 0) is 164 Å². The molecule has 0 spiro atoms. The van der Waals surface area contributed by atoms with Gasteiger partial charge in [-0.15, -0.1) is 0 Å². The van der Waals surface area contributed by atoms with Crippen molar-refractivity contribution in [2.45, 2.75) is 84.0 Å². The van der Waals surface area contributed by atoms with Crippen LogP contribution in [0.4, 0.5) is 17.1 Å². The summed E-state index contributed by atoms with van der Waals surface area (Å²) in [5, 5.41) is 10.2. The molecule has 12 nitrogen and oxygen atoms in total. The fourth-order valence-electron chi connectivity index (χ4n) is 10.7. The molecule has 0 amide bonds. The third kappa shape index (κ3) is 9.24. The van der Waals surface area contributed by atoms with Crippen molar-refractivity contribution >= 4 is 53.2 Å². The lowest BCUT2D eigenvalue weighted by atomic mass is 9.89. The Labute approximate surface area is 381 Å². The Morgan fingerprint density at radius 2 is 0.846 bits per heavy atom. The smallest absolute Gasteiger partial charge is 0.348 e. The minimum atomic E-state index is -1.33. The van der Waals surface area contributed by atoms with Gasteiger partial charge in [-0.3, -0.25) is 9.59 Å². The number of anilines is 3. The third-order valence-electron chi connectivity index (χ3n) is 13.6. The summed E-state index contributed by atoms with van der Waals surface area (Å²) in [6, 6.07) is 14.3. The molecule has 0 saturated heterocycles. The monoisotopic (exact) mass is 870 g/mol. The van der Waals surface area contributed by atoms with Gasteiger partial charge >= 0.3 is 17.9 Å². The number of carbonyl (C=O) groups excluding carboxylic acids is 3. The molecule has 0 N–H and O–H groups in total. The first-order chi connectivity index (χ1) is 31.6. The predicted octanol–water partition coefficient (Wildman–Crippen LogP) is 8.25. The van der Waals surface area contributed by atoms with Crippen LogP contribution in [0.5, 0.6) is 0 Å². The highest BCUT2D eigenvalue weighted by atomic mass is 16.6. The molecule has 6 aliphatic rings. The molecule has 3 aromatic carbocycles. The van der Waals surface area contributed by atoms with Gasteiger partial charge in [-0.2, -0.15) is 5.26 Å². The molecule has 0 unspecified atom stereocenters. The fourth-order valence-corrected chi connectivity index (χ4v) is 10.7. The molecule has 0 saturated carbocycles. The number of rotatable bonds is 12. The van der Waals surface area contributed by atoms with E-state index in [2.05, 4.69) is 24.4 Å². The van der Waals surface area contributed by atoms with E-state index in [1.807, 2.05) is 42.5 Å². The van der Waals surface area contributed by atoms with E-state index in [1.54, 1.807) is 25.2 Å². The predicted molar refractivity (Wildman–Crippen MR) is 250 cm³/mol. The standard InChI is InChI=1S/C53H54N6O6/c1-53(32-63-50(60)44(31-54)28-35-22-38-10-4-16-57-17-5-11-39(23-35)47(38)57,33-64-51(61)45(55-2)29-36-24-40-12-6-18-58-19-7-13-41(25-36)48(40)58)34-65-52(62)46(56-3)30-37-26-42-14-8-20-59-21-9-15-43(27-37)49(42)59/h22-30H,4-21,32-34H2,1H3/b44-28+,45-29-,46-30-. The number of benzene rings is 3. The molecule has 65 heavy (non-hydrogen) atoms. The van der Waals surface area contributed by atoms with Crippen molar-refractivity contribution in [1.29, 1.82) is 5.26 Å². The summed E-state index contributed by atoms with van der Waals surface area (Å²) in [4.78, 5) is 55.3. The second-order valence-electron chi connectivity index (χ2n) is 18.6. The van der Waals surface area contributed by atoms with Crippen molar-refractivity contribution in [3.05, 3.63) is 126 Å². The van der Waals surface area contributed by atoms with Gasteiger partial charge < -0.3 is 28.9 Å². The molecule has 6 aliphatic heterocycles. The van der Waals surface area contributed by atoms with Crippen LogP contribution in [0.2, 0.25) is 0 Å². The van der Waals surface area contributed by atoms with Gasteiger partial charge in [0.1, 0.15) is 31.5 Å². The summed E-state index contributed by atoms with van der Waals surface area (Å²) in [5.74, 6) is -2.63. The average molecular weight is 871 g/mol. The quantitative estimate of drug-likeness (QED) is 0.0579. The molecule has 0 aromatic heterocycles. The zero-order valence-corrected chi connectivity index (χ0v) is 37.2. The summed E-state index contributed by atoms with van der Waals surface area (Å²) in [6.07, 6.45) is 16.5. The molecular formula is C53H54N6O6. The normalized spacial score (nSPS) is 18.4. The Morgan fingerprint density at radius 3 is 1.14 bits per heavy atom. The van der Waals surface area contributed by atoms with Crippen LogP contribution in [0.25, 0.3) is 27.9 Å². The zero-order valence-electron chi connectivity index (χ0n) is 37.2. The van der Waals surface area contributed by atoms with Gasteiger partial charge in [0.15, 0.2) is 0 Å². The number of esters is 3. The molecular weight excluding hydrogens is 817 g/mol. The van der Waals surface area contributed by atoms with E-state index >= 15 is 0 Å². The van der Waals surface area contributed by atoms with Gasteiger partial charge in [0.25, 0.3) is 11.4 Å². The first-order valence-corrected chi connectivity index (χ1v) is 23.2. The first-order valence-electron chi connectivity index (χ1n) is 23.2. The SMILES string of the molecule is [C-]#[N+]/C(=C\c1cc2c3c(c1)CCCN3CCC2)C(=O)OCC(C)(COC(=O)/C(=C/c1cc2c3c(c1)CCCN3CCC2)[N+]#[C-])COC(=O)/C(C#N)=C/c1cc2c3c(c1)CCCN3CCC2. The van der Waals surface area contributed by atoms with E-state index in [1.165, 1.54) is 50.4 Å². The van der Waals surface area contributed by atoms with Crippen LogP contribution < -0.4 is 14.7 Å². The maximum atomic E-state index is 13.6. The van der Waals surface area contributed by atoms with Crippen LogP contribution in [-0.4, -0.2) is 77.0 Å². The van der Waals surface area contributed by atoms with Gasteiger partial charge in [-0.25, -0.2) is 14.5 Å². The highest BCUT2D eigenvalue weighted by Gasteiger charge is 2.34. The van der Waals surface area contributed by atoms with Crippen LogP contribution in [-0.2, 0) is 67.1 Å². The second-order valence-corrected chi connectivity index (χ2v) is 18.6. The molecule has 0 bridgehead atoms. The minimum Gasteiger partial charge on any atom is -0.470 e. The molecule has 332 valence electrons.